The first-order chi connectivity index (χ1) is 60.4. The first-order valence-electron chi connectivity index (χ1n) is 40.4. The van der Waals surface area contributed by atoms with Crippen molar-refractivity contribution in [2.45, 2.75) is 80.1 Å². The van der Waals surface area contributed by atoms with Gasteiger partial charge in [-0.15, -0.1) is 0 Å². The summed E-state index contributed by atoms with van der Waals surface area (Å²) in [5.41, 5.74) is 16.0. The number of halogens is 1. The van der Waals surface area contributed by atoms with Crippen molar-refractivity contribution < 1.29 is 86.2 Å². The Hall–Kier alpha value is -15.0. The zero-order valence-corrected chi connectivity index (χ0v) is 72.1. The Labute approximate surface area is 739 Å². The van der Waals surface area contributed by atoms with E-state index in [-0.39, 0.29) is 55.2 Å². The van der Waals surface area contributed by atoms with Crippen molar-refractivity contribution in [3.8, 4) is 101 Å². The molecule has 12 aromatic carbocycles. The lowest BCUT2D eigenvalue weighted by molar-refractivity contribution is -0.154. The maximum atomic E-state index is 12.8. The number of aliphatic hydroxyl groups is 1. The van der Waals surface area contributed by atoms with Crippen LogP contribution >= 0.6 is 11.6 Å². The Bertz CT molecular complexity index is 5800. The summed E-state index contributed by atoms with van der Waals surface area (Å²) in [4.78, 5) is 107. The van der Waals surface area contributed by atoms with Gasteiger partial charge in [-0.2, -0.15) is 0 Å². The summed E-state index contributed by atoms with van der Waals surface area (Å²) in [6.45, 7) is 32.4. The highest BCUT2D eigenvalue weighted by atomic mass is 35.5. The molecule has 19 heteroatoms. The summed E-state index contributed by atoms with van der Waals surface area (Å²) >= 11 is 4.71. The molecule has 18 nitrogen and oxygen atoms in total. The van der Waals surface area contributed by atoms with Crippen LogP contribution in [0.25, 0.3) is 66.8 Å². The minimum Gasteiger partial charge on any atom is -0.491 e. The number of benzene rings is 12. The molecule has 126 heavy (non-hydrogen) atoms. The first-order valence-corrected chi connectivity index (χ1v) is 40.7. The van der Waals surface area contributed by atoms with Crippen molar-refractivity contribution >= 4 is 64.0 Å². The molecule has 0 amide bonds. The average Bonchev–Trinajstić information content (AvgIpc) is 0.838. The van der Waals surface area contributed by atoms with E-state index in [4.69, 9.17) is 49.5 Å². The van der Waals surface area contributed by atoms with E-state index in [0.29, 0.717) is 84.6 Å². The van der Waals surface area contributed by atoms with Crippen LogP contribution in [0, 0.1) is 5.92 Å². The topological polar surface area (TPSA) is 248 Å². The standard InChI is InChI=1S/C37H36O6.C35H30O6.C32H28O5.C3H3ClO/c1-6-25(4)36(39)42-26(5)23-41-33-19-15-29(16-20-33)28-9-13-32(14-10-28)37(40)43-34-21-17-30(18-22-34)27-7-11-31(12-8-27)35(38)24(2)3;1-5-33(36)40-24(4)22-39-31-18-14-27(15-19-31)26-8-12-30(13-9-26)35(38)41-32-20-16-28(17-21-32)25-6-10-29(11-7-25)34(37)23(2)3;1-21(2)31(34)27-8-4-23(5-9-27)26-14-18-30(19-15-26)37-32(35)28-10-6-24(7-11-28)25-12-16-29(17-13-25)36-20-22(3)33;1-2-3(4)5/h7-22,25-26H,2,6,23H2,1,3-5H3;5-21,24H,1-2,22H2,3-4H3;4-19,22,33H,1,20H2,2-3H3;2H,1H2. The summed E-state index contributed by atoms with van der Waals surface area (Å²) in [5, 5.41) is 8.82. The molecule has 0 fully saturated rings. The molecule has 4 unspecified atom stereocenters. The van der Waals surface area contributed by atoms with E-state index in [1.807, 2.05) is 203 Å². The minimum absolute atomic E-state index is 0.0710. The largest absolute Gasteiger partial charge is 0.491 e. The van der Waals surface area contributed by atoms with Gasteiger partial charge < -0.3 is 43.0 Å². The second-order valence-electron chi connectivity index (χ2n) is 29.4. The zero-order valence-electron chi connectivity index (χ0n) is 71.3. The number of hydrogen-bond donors (Lipinski definition) is 1. The van der Waals surface area contributed by atoms with Crippen LogP contribution in [-0.4, -0.2) is 95.7 Å². The number of aliphatic hydroxyl groups excluding tert-OH is 1. The fraction of sp³-hybridized carbons (Fsp3) is 0.150. The third kappa shape index (κ3) is 28.8. The molecular weight excluding hydrogens is 1610 g/mol. The molecule has 0 aliphatic heterocycles. The third-order valence-electron chi connectivity index (χ3n) is 19.2. The molecule has 12 aromatic rings. The van der Waals surface area contributed by atoms with Gasteiger partial charge in [0.25, 0.3) is 0 Å². The van der Waals surface area contributed by atoms with E-state index >= 15 is 0 Å². The minimum atomic E-state index is -0.526. The highest BCUT2D eigenvalue weighted by molar-refractivity contribution is 6.66. The normalized spacial score (nSPS) is 11.4. The van der Waals surface area contributed by atoms with Crippen LogP contribution in [0.3, 0.4) is 0 Å². The number of ketones is 3. The summed E-state index contributed by atoms with van der Waals surface area (Å²) in [5.74, 6) is 0.928. The van der Waals surface area contributed by atoms with Crippen molar-refractivity contribution in [1.82, 2.24) is 0 Å². The molecule has 640 valence electrons. The van der Waals surface area contributed by atoms with Crippen molar-refractivity contribution in [3.63, 3.8) is 0 Å². The molecule has 0 heterocycles. The van der Waals surface area contributed by atoms with Gasteiger partial charge in [0, 0.05) is 22.8 Å². The second kappa shape index (κ2) is 46.9. The van der Waals surface area contributed by atoms with Crippen LogP contribution in [0.1, 0.15) is 124 Å². The molecule has 1 N–H and O–H groups in total. The monoisotopic (exact) mass is 1700 g/mol. The maximum absolute atomic E-state index is 12.8. The van der Waals surface area contributed by atoms with Gasteiger partial charge in [-0.05, 0) is 258 Å². The highest BCUT2D eigenvalue weighted by Gasteiger charge is 2.20. The van der Waals surface area contributed by atoms with Crippen LogP contribution in [0.4, 0.5) is 0 Å². The van der Waals surface area contributed by atoms with Crippen LogP contribution < -0.4 is 28.4 Å². The third-order valence-corrected chi connectivity index (χ3v) is 19.3. The van der Waals surface area contributed by atoms with Crippen molar-refractivity contribution in [1.29, 1.82) is 0 Å². The number of rotatable bonds is 33. The van der Waals surface area contributed by atoms with Gasteiger partial charge in [0.05, 0.1) is 28.7 Å². The smallest absolute Gasteiger partial charge is 0.343 e. The van der Waals surface area contributed by atoms with Gasteiger partial charge in [-0.25, -0.2) is 19.2 Å². The van der Waals surface area contributed by atoms with E-state index in [1.165, 1.54) is 0 Å². The Morgan fingerprint density at radius 1 is 0.310 bits per heavy atom. The average molecular weight is 1710 g/mol. The fourth-order valence-corrected chi connectivity index (χ4v) is 11.9. The Morgan fingerprint density at radius 2 is 0.508 bits per heavy atom. The molecule has 0 spiro atoms. The quantitative estimate of drug-likeness (QED) is 0.0132. The van der Waals surface area contributed by atoms with Gasteiger partial charge >= 0.3 is 29.8 Å². The van der Waals surface area contributed by atoms with Crippen molar-refractivity contribution in [3.05, 3.63) is 386 Å². The van der Waals surface area contributed by atoms with Crippen LogP contribution in [0.15, 0.2) is 353 Å². The molecule has 12 rings (SSSR count). The summed E-state index contributed by atoms with van der Waals surface area (Å²) < 4.78 is 44.1. The van der Waals surface area contributed by atoms with Crippen LogP contribution in [-0.2, 0) is 23.9 Å². The predicted octanol–water partition coefficient (Wildman–Crippen LogP) is 23.5. The number of allylic oxidation sites excluding steroid dienone is 4. The van der Waals surface area contributed by atoms with Crippen molar-refractivity contribution in [2.24, 2.45) is 5.92 Å². The van der Waals surface area contributed by atoms with Gasteiger partial charge in [0.1, 0.15) is 66.5 Å². The number of ether oxygens (including phenoxy) is 8. The Balaban J connectivity index is 0.000000208. The Kier molecular flexibility index (Phi) is 35.3. The Morgan fingerprint density at radius 3 is 0.706 bits per heavy atom. The molecular formula is C107H97ClO18. The highest BCUT2D eigenvalue weighted by Crippen LogP contribution is 2.32. The van der Waals surface area contributed by atoms with E-state index < -0.39 is 41.3 Å². The van der Waals surface area contributed by atoms with Gasteiger partial charge in [-0.1, -0.05) is 229 Å². The number of Topliss-reactive ketones (excluding diaryl/α,β-unsaturated/α-hetero) is 3. The second-order valence-corrected chi connectivity index (χ2v) is 29.8. The molecule has 0 saturated carbocycles. The molecule has 0 aliphatic carbocycles. The molecule has 0 bridgehead atoms. The number of esters is 5. The first kappa shape index (κ1) is 94.9. The van der Waals surface area contributed by atoms with E-state index in [9.17, 15) is 48.3 Å². The lowest BCUT2D eigenvalue weighted by Crippen LogP contribution is -2.25. The lowest BCUT2D eigenvalue weighted by Gasteiger charge is -2.16. The fourth-order valence-electron chi connectivity index (χ4n) is 11.9. The van der Waals surface area contributed by atoms with Gasteiger partial charge in [-0.3, -0.25) is 24.0 Å². The number of hydrogen-bond acceptors (Lipinski definition) is 18. The van der Waals surface area contributed by atoms with Crippen LogP contribution in [0.5, 0.6) is 34.5 Å². The molecule has 0 aliphatic rings. The van der Waals surface area contributed by atoms with E-state index in [0.717, 1.165) is 85.3 Å². The molecule has 0 saturated heterocycles. The SMILES string of the molecule is C=C(C)C(=O)c1ccc(-c2ccc(OC(=O)c3ccc(-c4ccc(OCC(C)O)cc4)cc3)cc2)cc1.C=C(C)C(=O)c1ccc(-c2ccc(OC(=O)c3ccc(-c4ccc(OCC(C)OC(=O)C(C)CC)cc4)cc3)cc2)cc1.C=CC(=O)Cl.C=CC(=O)OC(C)COc1ccc(-c2ccc(C(=O)Oc3ccc(-c4ccc(C(=O)C(=C)C)cc4)cc3)cc2)cc1. The summed E-state index contributed by atoms with van der Waals surface area (Å²) in [7, 11) is 0. The van der Waals surface area contributed by atoms with E-state index in [2.05, 4.69) is 32.9 Å². The molecule has 4 atom stereocenters. The lowest BCUT2D eigenvalue weighted by atomic mass is 10.0. The zero-order chi connectivity index (χ0) is 90.9. The summed E-state index contributed by atoms with van der Waals surface area (Å²) in [6, 6.07) is 87.8. The number of carbonyl (C=O) groups is 9. The number of carbonyl (C=O) groups excluding carboxylic acids is 9. The van der Waals surface area contributed by atoms with E-state index in [1.54, 1.807) is 144 Å². The van der Waals surface area contributed by atoms with Crippen LogP contribution in [0.2, 0.25) is 0 Å². The molecule has 0 radical (unpaired) electrons. The predicted molar refractivity (Wildman–Crippen MR) is 494 cm³/mol. The summed E-state index contributed by atoms with van der Waals surface area (Å²) in [6.07, 6.45) is 1.63. The van der Waals surface area contributed by atoms with Gasteiger partial charge in [0.2, 0.25) is 5.24 Å². The van der Waals surface area contributed by atoms with Gasteiger partial charge in [0.15, 0.2) is 17.3 Å². The van der Waals surface area contributed by atoms with Crippen molar-refractivity contribution in [2.75, 3.05) is 19.8 Å². The molecule has 0 aromatic heterocycles. The maximum Gasteiger partial charge on any atom is 0.343 e.